The molecule has 0 spiro atoms. The Hall–Kier alpha value is -2.08. The Kier molecular flexibility index (Phi) is 4.95. The maximum Gasteiger partial charge on any atom is 0.322 e. The highest BCUT2D eigenvalue weighted by Gasteiger charge is 2.15. The molecule has 0 aliphatic carbocycles. The maximum atomic E-state index is 11.6. The van der Waals surface area contributed by atoms with Crippen molar-refractivity contribution in [3.63, 3.8) is 0 Å². The Morgan fingerprint density at radius 2 is 1.90 bits per heavy atom. The van der Waals surface area contributed by atoms with E-state index in [4.69, 9.17) is 14.6 Å². The summed E-state index contributed by atoms with van der Waals surface area (Å²) in [6.07, 6.45) is 1.87. The summed E-state index contributed by atoms with van der Waals surface area (Å²) in [6.45, 7) is 1.03. The SMILES string of the molecule is O=C(O)CNC(=O)c1ccc(OC2CCOCC2)cc1. The first-order valence-corrected chi connectivity index (χ1v) is 6.49. The number of carboxylic acid groups (broad SMARTS) is 1. The molecule has 1 heterocycles. The van der Waals surface area contributed by atoms with Crippen LogP contribution in [0.1, 0.15) is 23.2 Å². The van der Waals surface area contributed by atoms with Gasteiger partial charge in [0.05, 0.1) is 13.2 Å². The van der Waals surface area contributed by atoms with Gasteiger partial charge in [0.25, 0.3) is 5.91 Å². The van der Waals surface area contributed by atoms with Crippen LogP contribution < -0.4 is 10.1 Å². The summed E-state index contributed by atoms with van der Waals surface area (Å²) < 4.78 is 11.0. The number of benzene rings is 1. The summed E-state index contributed by atoms with van der Waals surface area (Å²) in [7, 11) is 0. The molecule has 2 N–H and O–H groups in total. The average Bonchev–Trinajstić information content (AvgIpc) is 2.46. The third-order valence-corrected chi connectivity index (χ3v) is 2.99. The quantitative estimate of drug-likeness (QED) is 0.841. The van der Waals surface area contributed by atoms with Crippen LogP contribution in [0, 0.1) is 0 Å². The third-order valence-electron chi connectivity index (χ3n) is 2.99. The standard InChI is InChI=1S/C14H17NO5/c16-13(17)9-15-14(18)10-1-3-11(4-2-10)20-12-5-7-19-8-6-12/h1-4,12H,5-9H2,(H,15,18)(H,16,17). The monoisotopic (exact) mass is 279 g/mol. The first-order valence-electron chi connectivity index (χ1n) is 6.49. The summed E-state index contributed by atoms with van der Waals surface area (Å²) in [5.74, 6) is -0.783. The number of aliphatic carboxylic acids is 1. The zero-order valence-electron chi connectivity index (χ0n) is 11.0. The minimum atomic E-state index is -1.07. The molecule has 1 fully saturated rings. The maximum absolute atomic E-state index is 11.6. The fraction of sp³-hybridized carbons (Fsp3) is 0.429. The van der Waals surface area contributed by atoms with E-state index < -0.39 is 11.9 Å². The van der Waals surface area contributed by atoms with Gasteiger partial charge < -0.3 is 19.9 Å². The van der Waals surface area contributed by atoms with Gasteiger partial charge >= 0.3 is 5.97 Å². The van der Waals surface area contributed by atoms with E-state index in [0.29, 0.717) is 24.5 Å². The third kappa shape index (κ3) is 4.24. The lowest BCUT2D eigenvalue weighted by atomic mass is 10.1. The van der Waals surface area contributed by atoms with Crippen molar-refractivity contribution >= 4 is 11.9 Å². The Balaban J connectivity index is 1.88. The first kappa shape index (κ1) is 14.3. The molecule has 1 aliphatic rings. The van der Waals surface area contributed by atoms with Crippen molar-refractivity contribution in [3.05, 3.63) is 29.8 Å². The highest BCUT2D eigenvalue weighted by molar-refractivity contribution is 5.95. The van der Waals surface area contributed by atoms with Crippen molar-refractivity contribution in [1.82, 2.24) is 5.32 Å². The van der Waals surface area contributed by atoms with Crippen molar-refractivity contribution < 1.29 is 24.2 Å². The van der Waals surface area contributed by atoms with Crippen LogP contribution in [-0.4, -0.2) is 42.8 Å². The van der Waals surface area contributed by atoms with E-state index in [2.05, 4.69) is 5.32 Å². The van der Waals surface area contributed by atoms with E-state index in [1.807, 2.05) is 0 Å². The molecule has 6 nitrogen and oxygen atoms in total. The first-order chi connectivity index (χ1) is 9.65. The van der Waals surface area contributed by atoms with Crippen molar-refractivity contribution in [1.29, 1.82) is 0 Å². The minimum Gasteiger partial charge on any atom is -0.490 e. The zero-order chi connectivity index (χ0) is 14.4. The molecular formula is C14H17NO5. The number of ether oxygens (including phenoxy) is 2. The molecule has 1 aromatic carbocycles. The van der Waals surface area contributed by atoms with Crippen LogP contribution in [0.5, 0.6) is 5.75 Å². The van der Waals surface area contributed by atoms with Gasteiger partial charge in [-0.3, -0.25) is 9.59 Å². The average molecular weight is 279 g/mol. The molecule has 1 aromatic rings. The summed E-state index contributed by atoms with van der Waals surface area (Å²) in [6, 6.07) is 6.66. The highest BCUT2D eigenvalue weighted by atomic mass is 16.5. The molecule has 0 aromatic heterocycles. The summed E-state index contributed by atoms with van der Waals surface area (Å²) in [5.41, 5.74) is 0.408. The number of amides is 1. The van der Waals surface area contributed by atoms with Gasteiger partial charge in [-0.2, -0.15) is 0 Å². The Morgan fingerprint density at radius 1 is 1.25 bits per heavy atom. The van der Waals surface area contributed by atoms with Crippen molar-refractivity contribution in [2.75, 3.05) is 19.8 Å². The number of carbonyl (C=O) groups excluding carboxylic acids is 1. The van der Waals surface area contributed by atoms with Crippen LogP contribution in [0.2, 0.25) is 0 Å². The molecule has 0 radical (unpaired) electrons. The number of hydrogen-bond acceptors (Lipinski definition) is 4. The molecule has 20 heavy (non-hydrogen) atoms. The minimum absolute atomic E-state index is 0.149. The second-order valence-electron chi connectivity index (χ2n) is 4.53. The second-order valence-corrected chi connectivity index (χ2v) is 4.53. The Bertz CT molecular complexity index is 465. The van der Waals surface area contributed by atoms with Gasteiger partial charge in [0.15, 0.2) is 0 Å². The van der Waals surface area contributed by atoms with Crippen molar-refractivity contribution in [2.24, 2.45) is 0 Å². The Labute approximate surface area is 116 Å². The van der Waals surface area contributed by atoms with Gasteiger partial charge in [0, 0.05) is 18.4 Å². The molecule has 1 aliphatic heterocycles. The van der Waals surface area contributed by atoms with Crippen LogP contribution in [0.3, 0.4) is 0 Å². The van der Waals surface area contributed by atoms with Gasteiger partial charge in [-0.25, -0.2) is 0 Å². The normalized spacial score (nSPS) is 15.6. The number of carbonyl (C=O) groups is 2. The number of carboxylic acids is 1. The van der Waals surface area contributed by atoms with Crippen molar-refractivity contribution in [2.45, 2.75) is 18.9 Å². The smallest absolute Gasteiger partial charge is 0.322 e. The predicted octanol–water partition coefficient (Wildman–Crippen LogP) is 1.06. The van der Waals surface area contributed by atoms with Crippen LogP contribution in [0.4, 0.5) is 0 Å². The molecule has 0 unspecified atom stereocenters. The van der Waals surface area contributed by atoms with E-state index >= 15 is 0 Å². The summed E-state index contributed by atoms with van der Waals surface area (Å²) >= 11 is 0. The topological polar surface area (TPSA) is 84.9 Å². The van der Waals surface area contributed by atoms with Gasteiger partial charge in [0.2, 0.25) is 0 Å². The van der Waals surface area contributed by atoms with Crippen molar-refractivity contribution in [3.8, 4) is 5.75 Å². The lowest BCUT2D eigenvalue weighted by Crippen LogP contribution is -2.29. The molecule has 108 valence electrons. The van der Waals surface area contributed by atoms with Gasteiger partial charge in [-0.1, -0.05) is 0 Å². The Morgan fingerprint density at radius 3 is 2.50 bits per heavy atom. The molecule has 6 heteroatoms. The summed E-state index contributed by atoms with van der Waals surface area (Å²) in [4.78, 5) is 22.0. The highest BCUT2D eigenvalue weighted by Crippen LogP contribution is 2.18. The van der Waals surface area contributed by atoms with E-state index in [1.54, 1.807) is 24.3 Å². The lowest BCUT2D eigenvalue weighted by Gasteiger charge is -2.23. The largest absolute Gasteiger partial charge is 0.490 e. The van der Waals surface area contributed by atoms with Gasteiger partial charge in [-0.05, 0) is 24.3 Å². The molecule has 1 amide bonds. The van der Waals surface area contributed by atoms with E-state index in [0.717, 1.165) is 12.8 Å². The van der Waals surface area contributed by atoms with E-state index in [1.165, 1.54) is 0 Å². The van der Waals surface area contributed by atoms with E-state index in [-0.39, 0.29) is 12.6 Å². The van der Waals surface area contributed by atoms with Crippen LogP contribution in [0.15, 0.2) is 24.3 Å². The predicted molar refractivity (Wildman–Crippen MR) is 70.9 cm³/mol. The fourth-order valence-electron chi connectivity index (χ4n) is 1.93. The zero-order valence-corrected chi connectivity index (χ0v) is 11.0. The van der Waals surface area contributed by atoms with Gasteiger partial charge in [0.1, 0.15) is 18.4 Å². The van der Waals surface area contributed by atoms with Crippen LogP contribution >= 0.6 is 0 Å². The summed E-state index contributed by atoms with van der Waals surface area (Å²) in [5, 5.41) is 10.8. The molecule has 1 saturated heterocycles. The molecule has 2 rings (SSSR count). The number of nitrogens with one attached hydrogen (secondary N) is 1. The number of hydrogen-bond donors (Lipinski definition) is 2. The molecule has 0 atom stereocenters. The molecule has 0 saturated carbocycles. The second kappa shape index (κ2) is 6.91. The molecule has 0 bridgehead atoms. The van der Waals surface area contributed by atoms with Gasteiger partial charge in [-0.15, -0.1) is 0 Å². The number of rotatable bonds is 5. The van der Waals surface area contributed by atoms with E-state index in [9.17, 15) is 9.59 Å². The van der Waals surface area contributed by atoms with Crippen LogP contribution in [-0.2, 0) is 9.53 Å². The van der Waals surface area contributed by atoms with Crippen LogP contribution in [0.25, 0.3) is 0 Å². The lowest BCUT2D eigenvalue weighted by molar-refractivity contribution is -0.135. The molecular weight excluding hydrogens is 262 g/mol. The fourth-order valence-corrected chi connectivity index (χ4v) is 1.93.